The SMILES string of the molecule is O=C1CN(c2ccccc2)C(=O)N1Cc1c(Cl)ccc2cccnc12. The zero-order chi connectivity index (χ0) is 17.4. The fourth-order valence-corrected chi connectivity index (χ4v) is 3.21. The Morgan fingerprint density at radius 3 is 2.60 bits per heavy atom. The van der Waals surface area contributed by atoms with Crippen molar-refractivity contribution in [2.75, 3.05) is 11.4 Å². The Hall–Kier alpha value is -2.92. The van der Waals surface area contributed by atoms with Crippen LogP contribution in [0.5, 0.6) is 0 Å². The summed E-state index contributed by atoms with van der Waals surface area (Å²) in [7, 11) is 0. The van der Waals surface area contributed by atoms with E-state index in [1.807, 2.05) is 36.4 Å². The molecule has 1 aliphatic heterocycles. The van der Waals surface area contributed by atoms with Crippen LogP contribution in [0.4, 0.5) is 10.5 Å². The standard InChI is InChI=1S/C19H14ClN3O2/c20-16-9-8-13-5-4-10-21-18(13)15(16)11-23-17(24)12-22(19(23)25)14-6-2-1-3-7-14/h1-10H,11-12H2. The first kappa shape index (κ1) is 15.6. The van der Waals surface area contributed by atoms with Gasteiger partial charge in [-0.2, -0.15) is 0 Å². The topological polar surface area (TPSA) is 53.5 Å². The quantitative estimate of drug-likeness (QED) is 0.673. The van der Waals surface area contributed by atoms with E-state index in [-0.39, 0.29) is 25.0 Å². The minimum Gasteiger partial charge on any atom is -0.285 e. The highest BCUT2D eigenvalue weighted by atomic mass is 35.5. The molecule has 0 spiro atoms. The van der Waals surface area contributed by atoms with Gasteiger partial charge in [0.15, 0.2) is 0 Å². The number of hydrogen-bond donors (Lipinski definition) is 0. The number of amides is 3. The molecule has 1 saturated heterocycles. The van der Waals surface area contributed by atoms with Gasteiger partial charge < -0.3 is 0 Å². The smallest absolute Gasteiger partial charge is 0.285 e. The predicted molar refractivity (Wildman–Crippen MR) is 96.5 cm³/mol. The van der Waals surface area contributed by atoms with Crippen LogP contribution in [0.1, 0.15) is 5.56 Å². The van der Waals surface area contributed by atoms with E-state index in [2.05, 4.69) is 4.98 Å². The van der Waals surface area contributed by atoms with E-state index in [1.165, 1.54) is 9.80 Å². The Morgan fingerprint density at radius 2 is 1.80 bits per heavy atom. The molecule has 0 atom stereocenters. The molecule has 6 heteroatoms. The number of hydrogen-bond acceptors (Lipinski definition) is 3. The molecule has 0 bridgehead atoms. The third-order valence-electron chi connectivity index (χ3n) is 4.26. The van der Waals surface area contributed by atoms with Gasteiger partial charge in [-0.3, -0.25) is 19.6 Å². The summed E-state index contributed by atoms with van der Waals surface area (Å²) >= 11 is 6.33. The van der Waals surface area contributed by atoms with Crippen LogP contribution in [-0.4, -0.2) is 28.4 Å². The molecule has 0 N–H and O–H groups in total. The molecule has 1 aromatic heterocycles. The summed E-state index contributed by atoms with van der Waals surface area (Å²) in [6, 6.07) is 16.2. The summed E-state index contributed by atoms with van der Waals surface area (Å²) in [5.41, 5.74) is 2.08. The van der Waals surface area contributed by atoms with E-state index >= 15 is 0 Å². The summed E-state index contributed by atoms with van der Waals surface area (Å²) in [6.45, 7) is 0.132. The summed E-state index contributed by atoms with van der Waals surface area (Å²) in [4.78, 5) is 32.2. The average Bonchev–Trinajstić information content (AvgIpc) is 2.93. The predicted octanol–water partition coefficient (Wildman–Crippen LogP) is 3.86. The largest absolute Gasteiger partial charge is 0.332 e. The number of nitrogens with zero attached hydrogens (tertiary/aromatic N) is 3. The monoisotopic (exact) mass is 351 g/mol. The number of imide groups is 1. The lowest BCUT2D eigenvalue weighted by molar-refractivity contribution is -0.125. The van der Waals surface area contributed by atoms with Crippen molar-refractivity contribution in [2.24, 2.45) is 0 Å². The summed E-state index contributed by atoms with van der Waals surface area (Å²) in [5.74, 6) is -0.252. The Labute approximate surface area is 149 Å². The van der Waals surface area contributed by atoms with Crippen LogP contribution in [0.2, 0.25) is 5.02 Å². The van der Waals surface area contributed by atoms with Gasteiger partial charge in [0.25, 0.3) is 5.91 Å². The van der Waals surface area contributed by atoms with Gasteiger partial charge in [0.1, 0.15) is 6.54 Å². The van der Waals surface area contributed by atoms with E-state index in [0.717, 1.165) is 5.39 Å². The van der Waals surface area contributed by atoms with Gasteiger partial charge in [-0.25, -0.2) is 4.79 Å². The van der Waals surface area contributed by atoms with Crippen LogP contribution in [0, 0.1) is 0 Å². The van der Waals surface area contributed by atoms with Gasteiger partial charge in [0.05, 0.1) is 12.1 Å². The van der Waals surface area contributed by atoms with Crippen molar-refractivity contribution in [2.45, 2.75) is 6.54 Å². The van der Waals surface area contributed by atoms with Gasteiger partial charge in [0, 0.05) is 27.9 Å². The molecule has 1 aliphatic rings. The zero-order valence-electron chi connectivity index (χ0n) is 13.2. The number of para-hydroxylation sites is 1. The molecule has 4 rings (SSSR count). The van der Waals surface area contributed by atoms with E-state index in [0.29, 0.717) is 21.8 Å². The molecule has 0 aliphatic carbocycles. The molecule has 0 unspecified atom stereocenters. The second-order valence-corrected chi connectivity index (χ2v) is 6.19. The van der Waals surface area contributed by atoms with Crippen LogP contribution in [-0.2, 0) is 11.3 Å². The fourth-order valence-electron chi connectivity index (χ4n) is 3.00. The van der Waals surface area contributed by atoms with Crippen LogP contribution in [0.25, 0.3) is 10.9 Å². The maximum Gasteiger partial charge on any atom is 0.332 e. The number of carbonyl (C=O) groups is 2. The third-order valence-corrected chi connectivity index (χ3v) is 4.62. The fraction of sp³-hybridized carbons (Fsp3) is 0.105. The van der Waals surface area contributed by atoms with E-state index in [1.54, 1.807) is 24.4 Å². The van der Waals surface area contributed by atoms with Gasteiger partial charge in [-0.1, -0.05) is 41.9 Å². The van der Waals surface area contributed by atoms with Crippen molar-refractivity contribution in [1.29, 1.82) is 0 Å². The lowest BCUT2D eigenvalue weighted by atomic mass is 10.1. The number of fused-ring (bicyclic) bond motifs is 1. The number of rotatable bonds is 3. The van der Waals surface area contributed by atoms with E-state index < -0.39 is 0 Å². The Bertz CT molecular complexity index is 975. The molecular formula is C19H14ClN3O2. The minimum absolute atomic E-state index is 0.0264. The molecule has 2 aromatic carbocycles. The van der Waals surface area contributed by atoms with Crippen LogP contribution in [0.15, 0.2) is 60.8 Å². The maximum absolute atomic E-state index is 12.7. The van der Waals surface area contributed by atoms with Crippen LogP contribution in [0.3, 0.4) is 0 Å². The summed E-state index contributed by atoms with van der Waals surface area (Å²) in [5, 5.41) is 1.41. The first-order valence-corrected chi connectivity index (χ1v) is 8.22. The number of pyridine rings is 1. The molecule has 124 valence electrons. The Balaban J connectivity index is 1.69. The Morgan fingerprint density at radius 1 is 1.00 bits per heavy atom. The molecule has 3 amide bonds. The number of aromatic nitrogens is 1. The minimum atomic E-state index is -0.347. The molecule has 5 nitrogen and oxygen atoms in total. The van der Waals surface area contributed by atoms with E-state index in [4.69, 9.17) is 11.6 Å². The Kier molecular flexibility index (Phi) is 3.86. The molecule has 0 radical (unpaired) electrons. The highest BCUT2D eigenvalue weighted by molar-refractivity contribution is 6.32. The lowest BCUT2D eigenvalue weighted by Gasteiger charge is -2.18. The molecular weight excluding hydrogens is 338 g/mol. The highest BCUT2D eigenvalue weighted by Gasteiger charge is 2.37. The maximum atomic E-state index is 12.7. The summed E-state index contributed by atoms with van der Waals surface area (Å²) < 4.78 is 0. The lowest BCUT2D eigenvalue weighted by Crippen LogP contribution is -2.32. The first-order valence-electron chi connectivity index (χ1n) is 7.84. The second kappa shape index (κ2) is 6.18. The van der Waals surface area contributed by atoms with Crippen molar-refractivity contribution >= 4 is 40.1 Å². The van der Waals surface area contributed by atoms with Crippen molar-refractivity contribution in [1.82, 2.24) is 9.88 Å². The number of halogens is 1. The molecule has 0 saturated carbocycles. The highest BCUT2D eigenvalue weighted by Crippen LogP contribution is 2.28. The molecule has 3 aromatic rings. The molecule has 25 heavy (non-hydrogen) atoms. The number of urea groups is 1. The summed E-state index contributed by atoms with van der Waals surface area (Å²) in [6.07, 6.45) is 1.67. The van der Waals surface area contributed by atoms with Gasteiger partial charge in [-0.15, -0.1) is 0 Å². The first-order chi connectivity index (χ1) is 12.1. The zero-order valence-corrected chi connectivity index (χ0v) is 14.0. The van der Waals surface area contributed by atoms with Crippen molar-refractivity contribution in [3.05, 3.63) is 71.4 Å². The molecule has 2 heterocycles. The molecule has 1 fully saturated rings. The van der Waals surface area contributed by atoms with Gasteiger partial charge in [-0.05, 0) is 24.3 Å². The average molecular weight is 352 g/mol. The second-order valence-electron chi connectivity index (χ2n) is 5.79. The third kappa shape index (κ3) is 2.72. The van der Waals surface area contributed by atoms with Gasteiger partial charge >= 0.3 is 6.03 Å². The van der Waals surface area contributed by atoms with Gasteiger partial charge in [0.2, 0.25) is 0 Å². The normalized spacial score (nSPS) is 14.6. The van der Waals surface area contributed by atoms with Crippen molar-refractivity contribution < 1.29 is 9.59 Å². The number of anilines is 1. The van der Waals surface area contributed by atoms with E-state index in [9.17, 15) is 9.59 Å². The number of benzene rings is 2. The van der Waals surface area contributed by atoms with Crippen LogP contribution >= 0.6 is 11.6 Å². The number of carbonyl (C=O) groups excluding carboxylic acids is 2. The van der Waals surface area contributed by atoms with Crippen molar-refractivity contribution in [3.63, 3.8) is 0 Å². The van der Waals surface area contributed by atoms with Crippen molar-refractivity contribution in [3.8, 4) is 0 Å². The van der Waals surface area contributed by atoms with Crippen LogP contribution < -0.4 is 4.90 Å².